The molecular weight excluding hydrogens is 406 g/mol. The van der Waals surface area contributed by atoms with E-state index in [0.717, 1.165) is 30.6 Å². The number of ether oxygens (including phenoxy) is 3. The van der Waals surface area contributed by atoms with Gasteiger partial charge < -0.3 is 19.3 Å². The number of thiophene rings is 1. The van der Waals surface area contributed by atoms with Crippen LogP contribution in [0.1, 0.15) is 24.8 Å². The topological polar surface area (TPSA) is 111 Å². The fourth-order valence-electron chi connectivity index (χ4n) is 2.74. The average Bonchev–Trinajstić information content (AvgIpc) is 3.31. The second-order valence-electron chi connectivity index (χ2n) is 6.29. The molecule has 28 heavy (non-hydrogen) atoms. The highest BCUT2D eigenvalue weighted by Gasteiger charge is 2.28. The lowest BCUT2D eigenvalue weighted by Gasteiger charge is -2.24. The molecule has 2 aliphatic rings. The lowest BCUT2D eigenvalue weighted by Crippen LogP contribution is -2.23. The third-order valence-corrected chi connectivity index (χ3v) is 7.15. The van der Waals surface area contributed by atoms with Crippen molar-refractivity contribution in [3.8, 4) is 17.2 Å². The minimum absolute atomic E-state index is 0.0124. The van der Waals surface area contributed by atoms with E-state index in [1.807, 2.05) is 0 Å². The predicted molar refractivity (Wildman–Crippen MR) is 102 cm³/mol. The monoisotopic (exact) mass is 423 g/mol. The van der Waals surface area contributed by atoms with Crippen molar-refractivity contribution in [1.82, 2.24) is 0 Å². The zero-order valence-corrected chi connectivity index (χ0v) is 16.2. The molecule has 8 nitrogen and oxygen atoms in total. The Labute approximate surface area is 165 Å². The third kappa shape index (κ3) is 3.65. The van der Waals surface area contributed by atoms with E-state index >= 15 is 0 Å². The number of aromatic hydroxyl groups is 1. The van der Waals surface area contributed by atoms with Crippen LogP contribution in [0.3, 0.4) is 0 Å². The van der Waals surface area contributed by atoms with Crippen molar-refractivity contribution in [3.63, 3.8) is 0 Å². The predicted octanol–water partition coefficient (Wildman–Crippen LogP) is 3.09. The molecule has 2 N–H and O–H groups in total. The van der Waals surface area contributed by atoms with Crippen LogP contribution in [-0.4, -0.2) is 32.4 Å². The van der Waals surface area contributed by atoms with Gasteiger partial charge in [0, 0.05) is 11.6 Å². The number of esters is 1. The molecule has 1 fully saturated rings. The normalized spacial score (nSPS) is 16.1. The molecule has 1 aliphatic heterocycles. The maximum Gasteiger partial charge on any atom is 0.331 e. The second kappa shape index (κ2) is 7.36. The molecule has 1 saturated carbocycles. The van der Waals surface area contributed by atoms with E-state index in [-0.39, 0.29) is 45.6 Å². The van der Waals surface area contributed by atoms with Crippen molar-refractivity contribution in [1.29, 1.82) is 0 Å². The molecule has 0 bridgehead atoms. The van der Waals surface area contributed by atoms with E-state index in [9.17, 15) is 18.3 Å². The molecular formula is C18H17NO7S2. The number of fused-ring (bicyclic) bond motifs is 1. The Kier molecular flexibility index (Phi) is 4.90. The number of carbonyl (C=O) groups excluding carboxylic acids is 1. The number of sulfonamides is 1. The van der Waals surface area contributed by atoms with Gasteiger partial charge in [0.15, 0.2) is 11.5 Å². The Morgan fingerprint density at radius 3 is 2.79 bits per heavy atom. The Morgan fingerprint density at radius 2 is 2.11 bits per heavy atom. The molecule has 0 atom stereocenters. The van der Waals surface area contributed by atoms with E-state index in [4.69, 9.17) is 14.2 Å². The second-order valence-corrected chi connectivity index (χ2v) is 9.14. The van der Waals surface area contributed by atoms with Crippen molar-refractivity contribution in [2.24, 2.45) is 0 Å². The number of phenolic OH excluding ortho intramolecular Hbond substituents is 1. The minimum atomic E-state index is -3.83. The van der Waals surface area contributed by atoms with Crippen molar-refractivity contribution in [2.45, 2.75) is 29.6 Å². The summed E-state index contributed by atoms with van der Waals surface area (Å²) in [5.74, 6) is -0.674. The van der Waals surface area contributed by atoms with E-state index in [1.54, 1.807) is 11.4 Å². The number of nitrogens with one attached hydrogen (secondary N) is 1. The van der Waals surface area contributed by atoms with Gasteiger partial charge in [-0.2, -0.15) is 0 Å². The van der Waals surface area contributed by atoms with Crippen LogP contribution in [0.5, 0.6) is 17.2 Å². The van der Waals surface area contributed by atoms with Crippen molar-refractivity contribution in [2.75, 3.05) is 11.5 Å². The molecule has 1 aliphatic carbocycles. The summed E-state index contributed by atoms with van der Waals surface area (Å²) in [6.45, 7) is -0.159. The van der Waals surface area contributed by atoms with E-state index in [2.05, 4.69) is 4.72 Å². The maximum absolute atomic E-state index is 12.5. The summed E-state index contributed by atoms with van der Waals surface area (Å²) in [6, 6.07) is 4.48. The van der Waals surface area contributed by atoms with Crippen molar-refractivity contribution in [3.05, 3.63) is 35.2 Å². The Balaban J connectivity index is 1.63. The molecule has 2 aromatic rings. The zero-order valence-electron chi connectivity index (χ0n) is 14.6. The number of rotatable bonds is 6. The van der Waals surface area contributed by atoms with Crippen molar-refractivity contribution >= 4 is 39.1 Å². The quantitative estimate of drug-likeness (QED) is 0.417. The molecule has 0 amide bonds. The Morgan fingerprint density at radius 1 is 1.32 bits per heavy atom. The molecule has 0 radical (unpaired) electrons. The summed E-state index contributed by atoms with van der Waals surface area (Å²) < 4.78 is 43.4. The summed E-state index contributed by atoms with van der Waals surface area (Å²) in [6.07, 6.45) is 5.22. The highest BCUT2D eigenvalue weighted by atomic mass is 32.2. The van der Waals surface area contributed by atoms with Crippen LogP contribution < -0.4 is 14.2 Å². The molecule has 0 unspecified atom stereocenters. The van der Waals surface area contributed by atoms with Crippen LogP contribution in [0.2, 0.25) is 0 Å². The summed E-state index contributed by atoms with van der Waals surface area (Å²) in [4.78, 5) is 11.9. The fourth-order valence-corrected chi connectivity index (χ4v) is 4.79. The van der Waals surface area contributed by atoms with Gasteiger partial charge in [-0.3, -0.25) is 4.72 Å². The first-order chi connectivity index (χ1) is 13.4. The molecule has 1 aromatic heterocycles. The number of hydrogen-bond donors (Lipinski definition) is 2. The number of anilines is 1. The van der Waals surface area contributed by atoms with E-state index in [1.165, 1.54) is 24.3 Å². The van der Waals surface area contributed by atoms with Crippen LogP contribution >= 0.6 is 11.3 Å². The first-order valence-electron chi connectivity index (χ1n) is 8.54. The van der Waals surface area contributed by atoms with Gasteiger partial charge in [0.1, 0.15) is 10.3 Å². The van der Waals surface area contributed by atoms with Gasteiger partial charge in [0.2, 0.25) is 12.5 Å². The fraction of sp³-hybridized carbons (Fsp3) is 0.278. The smallest absolute Gasteiger partial charge is 0.331 e. The molecule has 0 spiro atoms. The minimum Gasteiger partial charge on any atom is -0.504 e. The molecule has 2 heterocycles. The van der Waals surface area contributed by atoms with Gasteiger partial charge in [-0.25, -0.2) is 13.2 Å². The highest BCUT2D eigenvalue weighted by Crippen LogP contribution is 2.48. The van der Waals surface area contributed by atoms with Gasteiger partial charge in [0.25, 0.3) is 10.0 Å². The van der Waals surface area contributed by atoms with Gasteiger partial charge in [-0.05, 0) is 42.9 Å². The zero-order chi connectivity index (χ0) is 19.7. The highest BCUT2D eigenvalue weighted by molar-refractivity contribution is 7.94. The van der Waals surface area contributed by atoms with Crippen LogP contribution in [0, 0.1) is 0 Å². The first-order valence-corrected chi connectivity index (χ1v) is 10.9. The lowest BCUT2D eigenvalue weighted by atomic mass is 9.96. The number of phenols is 1. The molecule has 1 aromatic carbocycles. The Hall–Kier alpha value is -2.72. The van der Waals surface area contributed by atoms with Crippen LogP contribution in [0.15, 0.2) is 33.9 Å². The number of benzene rings is 1. The largest absolute Gasteiger partial charge is 0.504 e. The molecule has 148 valence electrons. The maximum atomic E-state index is 12.5. The number of carbonyl (C=O) groups is 1. The van der Waals surface area contributed by atoms with Gasteiger partial charge in [-0.15, -0.1) is 11.3 Å². The summed E-state index contributed by atoms with van der Waals surface area (Å²) in [7, 11) is -3.83. The van der Waals surface area contributed by atoms with Gasteiger partial charge >= 0.3 is 5.97 Å². The van der Waals surface area contributed by atoms with E-state index < -0.39 is 16.0 Å². The van der Waals surface area contributed by atoms with Crippen molar-refractivity contribution < 1.29 is 32.5 Å². The Bertz CT molecular complexity index is 1020. The van der Waals surface area contributed by atoms with Gasteiger partial charge in [0.05, 0.1) is 5.69 Å². The van der Waals surface area contributed by atoms with Gasteiger partial charge in [-0.1, -0.05) is 6.07 Å². The standard InChI is InChI=1S/C18H17NO7S2/c20-14(26-12-3-1-4-12)7-6-11-9-13(17-18(16(11)21)25-10-24-17)19-28(22,23)15-5-2-8-27-15/h2,5-9,12,19,21H,1,3-4,10H2/b7-6+. The van der Waals surface area contributed by atoms with Crippen LogP contribution in [-0.2, 0) is 19.6 Å². The number of hydrogen-bond acceptors (Lipinski definition) is 8. The third-order valence-electron chi connectivity index (χ3n) is 4.38. The molecule has 10 heteroatoms. The van der Waals surface area contributed by atoms with Crippen LogP contribution in [0.4, 0.5) is 5.69 Å². The molecule has 4 rings (SSSR count). The summed E-state index contributed by atoms with van der Waals surface area (Å²) in [5, 5.41) is 12.0. The van der Waals surface area contributed by atoms with E-state index in [0.29, 0.717) is 0 Å². The SMILES string of the molecule is O=C(/C=C/c1cc(NS(=O)(=O)c2cccs2)c2c(c1O)OCO2)OC1CCC1. The lowest BCUT2D eigenvalue weighted by molar-refractivity contribution is -0.146. The average molecular weight is 423 g/mol. The summed E-state index contributed by atoms with van der Waals surface area (Å²) in [5.41, 5.74) is 0.296. The molecule has 0 saturated heterocycles. The summed E-state index contributed by atoms with van der Waals surface area (Å²) >= 11 is 1.07. The van der Waals surface area contributed by atoms with Crippen LogP contribution in [0.25, 0.3) is 6.08 Å². The first kappa shape index (κ1) is 18.6.